The van der Waals surface area contributed by atoms with Crippen LogP contribution in [0.3, 0.4) is 0 Å². The van der Waals surface area contributed by atoms with Crippen LogP contribution in [0.1, 0.15) is 78.8 Å². The van der Waals surface area contributed by atoms with Crippen molar-refractivity contribution in [1.82, 2.24) is 4.90 Å². The standard InChI is InChI=1S/C30H38N2O4S/c31-29(34)30(15-18-36-19-16-30)37(35)27-12-6-22(7-13-27)20-23-14-17-32(21-23)28(33)26-10-8-25(9-11-26)24-4-2-1-3-5-24/h6-13,23-24H,1-5,14-21H2,(H2,31,34)/t23-,37?/m0/s1. The highest BCUT2D eigenvalue weighted by atomic mass is 32.2. The molecule has 0 aromatic heterocycles. The van der Waals surface area contributed by atoms with Gasteiger partial charge in [-0.2, -0.15) is 0 Å². The van der Waals surface area contributed by atoms with Gasteiger partial charge in [-0.15, -0.1) is 0 Å². The van der Waals surface area contributed by atoms with E-state index in [9.17, 15) is 13.8 Å². The number of hydrogen-bond acceptors (Lipinski definition) is 4. The summed E-state index contributed by atoms with van der Waals surface area (Å²) in [5.41, 5.74) is 8.98. The number of hydrogen-bond donors (Lipinski definition) is 1. The molecule has 2 atom stereocenters. The van der Waals surface area contributed by atoms with E-state index < -0.39 is 21.5 Å². The van der Waals surface area contributed by atoms with Crippen LogP contribution in [0.4, 0.5) is 0 Å². The Hall–Kier alpha value is -2.51. The van der Waals surface area contributed by atoms with Crippen molar-refractivity contribution in [1.29, 1.82) is 0 Å². The number of likely N-dealkylation sites (tertiary alicyclic amines) is 1. The Kier molecular flexibility index (Phi) is 8.10. The third kappa shape index (κ3) is 5.68. The van der Waals surface area contributed by atoms with E-state index >= 15 is 0 Å². The normalized spacial score (nSPS) is 23.0. The summed E-state index contributed by atoms with van der Waals surface area (Å²) in [7, 11) is -1.52. The second kappa shape index (κ2) is 11.5. The van der Waals surface area contributed by atoms with Gasteiger partial charge < -0.3 is 15.4 Å². The highest BCUT2D eigenvalue weighted by molar-refractivity contribution is 7.87. The predicted octanol–water partition coefficient (Wildman–Crippen LogP) is 4.58. The van der Waals surface area contributed by atoms with E-state index in [0.717, 1.165) is 37.1 Å². The molecular weight excluding hydrogens is 484 g/mol. The Bertz CT molecular complexity index is 1120. The minimum Gasteiger partial charge on any atom is -0.381 e. The van der Waals surface area contributed by atoms with Gasteiger partial charge >= 0.3 is 0 Å². The van der Waals surface area contributed by atoms with Crippen molar-refractivity contribution in [3.63, 3.8) is 0 Å². The van der Waals surface area contributed by atoms with Gasteiger partial charge in [0.05, 0.1) is 10.8 Å². The number of primary amides is 1. The molecule has 3 fully saturated rings. The summed E-state index contributed by atoms with van der Waals surface area (Å²) in [4.78, 5) is 27.9. The van der Waals surface area contributed by atoms with E-state index in [1.54, 1.807) is 0 Å². The number of ether oxygens (including phenoxy) is 1. The third-order valence-corrected chi connectivity index (χ3v) is 10.6. The maximum atomic E-state index is 13.3. The fourth-order valence-electron chi connectivity index (χ4n) is 6.23. The maximum Gasteiger partial charge on any atom is 0.253 e. The summed E-state index contributed by atoms with van der Waals surface area (Å²) in [6.07, 6.45) is 9.10. The lowest BCUT2D eigenvalue weighted by Gasteiger charge is -2.33. The van der Waals surface area contributed by atoms with Crippen LogP contribution in [-0.4, -0.2) is 52.0 Å². The molecule has 2 saturated heterocycles. The summed E-state index contributed by atoms with van der Waals surface area (Å²) in [6, 6.07) is 16.0. The Morgan fingerprint density at radius 1 is 0.946 bits per heavy atom. The van der Waals surface area contributed by atoms with Crippen molar-refractivity contribution in [2.75, 3.05) is 26.3 Å². The molecule has 2 amide bonds. The van der Waals surface area contributed by atoms with Gasteiger partial charge in [-0.25, -0.2) is 0 Å². The molecule has 0 spiro atoms. The van der Waals surface area contributed by atoms with Gasteiger partial charge in [0.2, 0.25) is 5.91 Å². The molecular formula is C30H38N2O4S. The van der Waals surface area contributed by atoms with Gasteiger partial charge in [-0.05, 0) is 85.8 Å². The minimum absolute atomic E-state index is 0.122. The van der Waals surface area contributed by atoms with Crippen LogP contribution in [0.5, 0.6) is 0 Å². The van der Waals surface area contributed by atoms with Gasteiger partial charge in [0.1, 0.15) is 4.75 Å². The van der Waals surface area contributed by atoms with Crippen molar-refractivity contribution in [3.05, 3.63) is 65.2 Å². The van der Waals surface area contributed by atoms with Crippen molar-refractivity contribution in [3.8, 4) is 0 Å². The number of rotatable bonds is 7. The first-order valence-electron chi connectivity index (χ1n) is 13.7. The van der Waals surface area contributed by atoms with Gasteiger partial charge in [-0.1, -0.05) is 43.5 Å². The van der Waals surface area contributed by atoms with Crippen molar-refractivity contribution >= 4 is 22.6 Å². The maximum absolute atomic E-state index is 13.3. The number of carbonyl (C=O) groups excluding carboxylic acids is 2. The summed E-state index contributed by atoms with van der Waals surface area (Å²) >= 11 is 0. The molecule has 7 heteroatoms. The van der Waals surface area contributed by atoms with E-state index in [1.165, 1.54) is 37.7 Å². The van der Waals surface area contributed by atoms with Crippen molar-refractivity contribution in [2.45, 2.75) is 73.3 Å². The summed E-state index contributed by atoms with van der Waals surface area (Å²) in [6.45, 7) is 2.32. The first-order valence-corrected chi connectivity index (χ1v) is 14.9. The fourth-order valence-corrected chi connectivity index (χ4v) is 7.79. The zero-order chi connectivity index (χ0) is 25.8. The molecule has 2 aromatic carbocycles. The van der Waals surface area contributed by atoms with Gasteiger partial charge in [0, 0.05) is 36.8 Å². The lowest BCUT2D eigenvalue weighted by Crippen LogP contribution is -2.51. The molecule has 198 valence electrons. The predicted molar refractivity (Wildman–Crippen MR) is 145 cm³/mol. The lowest BCUT2D eigenvalue weighted by atomic mass is 9.84. The van der Waals surface area contributed by atoms with Crippen molar-refractivity contribution < 1.29 is 18.5 Å². The van der Waals surface area contributed by atoms with Gasteiger partial charge in [-0.3, -0.25) is 13.8 Å². The number of amides is 2. The molecule has 2 N–H and O–H groups in total. The number of nitrogens with two attached hydrogens (primary N) is 1. The largest absolute Gasteiger partial charge is 0.381 e. The van der Waals surface area contributed by atoms with E-state index in [2.05, 4.69) is 12.1 Å². The number of carbonyl (C=O) groups is 2. The first-order chi connectivity index (χ1) is 18.0. The fraction of sp³-hybridized carbons (Fsp3) is 0.533. The van der Waals surface area contributed by atoms with Crippen LogP contribution >= 0.6 is 0 Å². The van der Waals surface area contributed by atoms with Gasteiger partial charge in [0.25, 0.3) is 5.91 Å². The molecule has 37 heavy (non-hydrogen) atoms. The molecule has 0 radical (unpaired) electrons. The number of benzene rings is 2. The molecule has 6 nitrogen and oxygen atoms in total. The average molecular weight is 523 g/mol. The lowest BCUT2D eigenvalue weighted by molar-refractivity contribution is -0.122. The van der Waals surface area contributed by atoms with E-state index in [1.807, 2.05) is 41.3 Å². The summed E-state index contributed by atoms with van der Waals surface area (Å²) in [5.74, 6) is 0.652. The number of nitrogens with zero attached hydrogens (tertiary/aromatic N) is 1. The van der Waals surface area contributed by atoms with E-state index in [4.69, 9.17) is 10.5 Å². The topological polar surface area (TPSA) is 89.7 Å². The average Bonchev–Trinajstić information content (AvgIpc) is 3.42. The second-order valence-electron chi connectivity index (χ2n) is 11.0. The Balaban J connectivity index is 1.17. The molecule has 1 aliphatic carbocycles. The third-order valence-electron chi connectivity index (χ3n) is 8.57. The van der Waals surface area contributed by atoms with Crippen LogP contribution in [0.2, 0.25) is 0 Å². The molecule has 0 bridgehead atoms. The van der Waals surface area contributed by atoms with Crippen LogP contribution in [0.25, 0.3) is 0 Å². The summed E-state index contributed by atoms with van der Waals surface area (Å²) < 4.78 is 17.6. The molecule has 2 aliphatic heterocycles. The van der Waals surface area contributed by atoms with Crippen molar-refractivity contribution in [2.24, 2.45) is 11.7 Å². The van der Waals surface area contributed by atoms with Crippen LogP contribution in [0.15, 0.2) is 53.4 Å². The monoisotopic (exact) mass is 522 g/mol. The molecule has 1 saturated carbocycles. The van der Waals surface area contributed by atoms with Crippen LogP contribution in [0, 0.1) is 5.92 Å². The zero-order valence-corrected chi connectivity index (χ0v) is 22.3. The molecule has 5 rings (SSSR count). The summed E-state index contributed by atoms with van der Waals surface area (Å²) in [5, 5.41) is 0. The Morgan fingerprint density at radius 3 is 2.27 bits per heavy atom. The first kappa shape index (κ1) is 26.1. The molecule has 1 unspecified atom stereocenters. The van der Waals surface area contributed by atoms with Crippen LogP contribution < -0.4 is 5.73 Å². The van der Waals surface area contributed by atoms with Gasteiger partial charge in [0.15, 0.2) is 0 Å². The molecule has 3 aliphatic rings. The smallest absolute Gasteiger partial charge is 0.253 e. The van der Waals surface area contributed by atoms with E-state index in [0.29, 0.717) is 42.8 Å². The SMILES string of the molecule is NC(=O)C1(S(=O)c2ccc(C[C@@H]3CCN(C(=O)c4ccc(C5CCCCC5)cc4)C3)cc2)CCOCC1. The quantitative estimate of drug-likeness (QED) is 0.576. The van der Waals surface area contributed by atoms with E-state index in [-0.39, 0.29) is 5.91 Å². The molecule has 2 heterocycles. The molecule has 2 aromatic rings. The Labute approximate surface area is 222 Å². The minimum atomic E-state index is -1.52. The highest BCUT2D eigenvalue weighted by Crippen LogP contribution is 2.34. The van der Waals surface area contributed by atoms with Crippen LogP contribution in [-0.2, 0) is 26.8 Å². The Morgan fingerprint density at radius 2 is 1.62 bits per heavy atom. The second-order valence-corrected chi connectivity index (χ2v) is 12.7. The zero-order valence-electron chi connectivity index (χ0n) is 21.5. The highest BCUT2D eigenvalue weighted by Gasteiger charge is 2.45.